The number of aromatic nitrogens is 4. The second-order valence-corrected chi connectivity index (χ2v) is 6.76. The number of amides is 1. The molecule has 1 aliphatic carbocycles. The van der Waals surface area contributed by atoms with E-state index in [1.165, 1.54) is 19.3 Å². The lowest BCUT2D eigenvalue weighted by atomic mass is 9.85. The molecule has 0 bridgehead atoms. The lowest BCUT2D eigenvalue weighted by Crippen LogP contribution is -2.28. The van der Waals surface area contributed by atoms with E-state index in [2.05, 4.69) is 25.4 Å². The lowest BCUT2D eigenvalue weighted by Gasteiger charge is -2.26. The maximum absolute atomic E-state index is 12.4. The maximum atomic E-state index is 12.4. The third kappa shape index (κ3) is 2.98. The van der Waals surface area contributed by atoms with Gasteiger partial charge < -0.3 is 10.2 Å². The van der Waals surface area contributed by atoms with Crippen LogP contribution in [-0.4, -0.2) is 39.2 Å². The number of aryl methyl sites for hydroxylation is 1. The Hall–Kier alpha value is -2.44. The predicted octanol–water partition coefficient (Wildman–Crippen LogP) is 2.24. The van der Waals surface area contributed by atoms with Crippen molar-refractivity contribution in [2.45, 2.75) is 38.5 Å². The van der Waals surface area contributed by atoms with Gasteiger partial charge in [0.15, 0.2) is 0 Å². The first kappa shape index (κ1) is 15.1. The molecule has 1 atom stereocenters. The highest BCUT2D eigenvalue weighted by atomic mass is 16.2. The van der Waals surface area contributed by atoms with Gasteiger partial charge in [0, 0.05) is 37.0 Å². The summed E-state index contributed by atoms with van der Waals surface area (Å²) < 4.78 is 0. The van der Waals surface area contributed by atoms with Gasteiger partial charge in [-0.2, -0.15) is 5.10 Å². The van der Waals surface area contributed by atoms with Crippen molar-refractivity contribution in [1.29, 1.82) is 0 Å². The standard InChI is InChI=1S/C17H22N6O/c1-11-7-15(22-16(20-11)12-3-2-4-12)23-6-5-13(10-23)17(24)21-14-8-18-19-9-14/h7-9,12-13H,2-6,10H2,1H3,(H,18,19)(H,21,24). The zero-order valence-corrected chi connectivity index (χ0v) is 13.8. The summed E-state index contributed by atoms with van der Waals surface area (Å²) >= 11 is 0. The van der Waals surface area contributed by atoms with Gasteiger partial charge in [-0.1, -0.05) is 6.42 Å². The molecular weight excluding hydrogens is 304 g/mol. The van der Waals surface area contributed by atoms with Crippen LogP contribution in [0.25, 0.3) is 0 Å². The average Bonchev–Trinajstić information content (AvgIpc) is 3.16. The van der Waals surface area contributed by atoms with E-state index < -0.39 is 0 Å². The van der Waals surface area contributed by atoms with Gasteiger partial charge >= 0.3 is 0 Å². The summed E-state index contributed by atoms with van der Waals surface area (Å²) in [5, 5.41) is 9.45. The number of nitrogens with zero attached hydrogens (tertiary/aromatic N) is 4. The lowest BCUT2D eigenvalue weighted by molar-refractivity contribution is -0.119. The Bertz CT molecular complexity index is 725. The van der Waals surface area contributed by atoms with E-state index in [9.17, 15) is 4.79 Å². The minimum atomic E-state index is -0.0256. The number of anilines is 2. The Kier molecular flexibility index (Phi) is 3.92. The van der Waals surface area contributed by atoms with E-state index in [1.807, 2.05) is 13.0 Å². The van der Waals surface area contributed by atoms with E-state index in [-0.39, 0.29) is 11.8 Å². The van der Waals surface area contributed by atoms with Crippen LogP contribution in [0, 0.1) is 12.8 Å². The van der Waals surface area contributed by atoms with Gasteiger partial charge in [0.25, 0.3) is 0 Å². The van der Waals surface area contributed by atoms with Crippen LogP contribution >= 0.6 is 0 Å². The van der Waals surface area contributed by atoms with Crippen LogP contribution in [-0.2, 0) is 4.79 Å². The molecule has 4 rings (SSSR count). The second-order valence-electron chi connectivity index (χ2n) is 6.76. The molecule has 126 valence electrons. The van der Waals surface area contributed by atoms with Crippen molar-refractivity contribution < 1.29 is 4.79 Å². The Morgan fingerprint density at radius 1 is 1.33 bits per heavy atom. The van der Waals surface area contributed by atoms with Crippen molar-refractivity contribution in [3.8, 4) is 0 Å². The van der Waals surface area contributed by atoms with Gasteiger partial charge in [-0.15, -0.1) is 0 Å². The minimum Gasteiger partial charge on any atom is -0.356 e. The fourth-order valence-electron chi connectivity index (χ4n) is 3.33. The van der Waals surface area contributed by atoms with E-state index in [0.29, 0.717) is 18.2 Å². The third-order valence-electron chi connectivity index (χ3n) is 4.98. The monoisotopic (exact) mass is 326 g/mol. The van der Waals surface area contributed by atoms with Crippen LogP contribution < -0.4 is 10.2 Å². The Morgan fingerprint density at radius 3 is 2.92 bits per heavy atom. The first-order valence-corrected chi connectivity index (χ1v) is 8.59. The molecule has 0 spiro atoms. The summed E-state index contributed by atoms with van der Waals surface area (Å²) in [5.74, 6) is 2.48. The third-order valence-corrected chi connectivity index (χ3v) is 4.98. The van der Waals surface area contributed by atoms with Crippen molar-refractivity contribution in [3.63, 3.8) is 0 Å². The van der Waals surface area contributed by atoms with Crippen molar-refractivity contribution in [3.05, 3.63) is 30.0 Å². The van der Waals surface area contributed by atoms with Crippen molar-refractivity contribution in [2.75, 3.05) is 23.3 Å². The summed E-state index contributed by atoms with van der Waals surface area (Å²) in [6.45, 7) is 3.57. The summed E-state index contributed by atoms with van der Waals surface area (Å²) in [7, 11) is 0. The molecule has 2 fully saturated rings. The number of H-pyrrole nitrogens is 1. The molecule has 2 aromatic rings. The summed E-state index contributed by atoms with van der Waals surface area (Å²) in [6.07, 6.45) is 7.80. The normalized spacial score (nSPS) is 20.9. The smallest absolute Gasteiger partial charge is 0.229 e. The molecule has 2 aromatic heterocycles. The average molecular weight is 326 g/mol. The van der Waals surface area contributed by atoms with Crippen molar-refractivity contribution in [2.24, 2.45) is 5.92 Å². The predicted molar refractivity (Wildman–Crippen MR) is 90.9 cm³/mol. The minimum absolute atomic E-state index is 0.0256. The van der Waals surface area contributed by atoms with Gasteiger partial charge in [0.1, 0.15) is 11.6 Å². The SMILES string of the molecule is Cc1cc(N2CCC(C(=O)Nc3cn[nH]c3)C2)nc(C2CCC2)n1. The van der Waals surface area contributed by atoms with Crippen LogP contribution in [0.5, 0.6) is 0 Å². The Balaban J connectivity index is 1.44. The summed E-state index contributed by atoms with van der Waals surface area (Å²) in [5.41, 5.74) is 1.72. The van der Waals surface area contributed by atoms with E-state index in [1.54, 1.807) is 12.4 Å². The number of hydrogen-bond acceptors (Lipinski definition) is 5. The molecule has 3 heterocycles. The molecule has 1 unspecified atom stereocenters. The molecule has 1 amide bonds. The van der Waals surface area contributed by atoms with Crippen LogP contribution in [0.15, 0.2) is 18.5 Å². The van der Waals surface area contributed by atoms with E-state index >= 15 is 0 Å². The fourth-order valence-corrected chi connectivity index (χ4v) is 3.33. The van der Waals surface area contributed by atoms with Gasteiger partial charge in [0.05, 0.1) is 17.8 Å². The highest BCUT2D eigenvalue weighted by Crippen LogP contribution is 2.35. The van der Waals surface area contributed by atoms with Gasteiger partial charge in [-0.25, -0.2) is 9.97 Å². The van der Waals surface area contributed by atoms with Crippen LogP contribution in [0.4, 0.5) is 11.5 Å². The molecule has 2 aliphatic rings. The van der Waals surface area contributed by atoms with Gasteiger partial charge in [-0.3, -0.25) is 9.89 Å². The first-order valence-electron chi connectivity index (χ1n) is 8.59. The highest BCUT2D eigenvalue weighted by Gasteiger charge is 2.30. The quantitative estimate of drug-likeness (QED) is 0.900. The Labute approximate surface area is 140 Å². The zero-order valence-electron chi connectivity index (χ0n) is 13.8. The number of hydrogen-bond donors (Lipinski definition) is 2. The van der Waals surface area contributed by atoms with Crippen LogP contribution in [0.2, 0.25) is 0 Å². The molecule has 0 radical (unpaired) electrons. The molecule has 1 aliphatic heterocycles. The number of aromatic amines is 1. The molecule has 2 N–H and O–H groups in total. The topological polar surface area (TPSA) is 86.8 Å². The molecule has 1 saturated heterocycles. The molecule has 0 aromatic carbocycles. The van der Waals surface area contributed by atoms with Crippen molar-refractivity contribution >= 4 is 17.4 Å². The number of rotatable bonds is 4. The van der Waals surface area contributed by atoms with E-state index in [4.69, 9.17) is 4.98 Å². The number of carbonyl (C=O) groups is 1. The second kappa shape index (κ2) is 6.22. The van der Waals surface area contributed by atoms with E-state index in [0.717, 1.165) is 30.3 Å². The van der Waals surface area contributed by atoms with Gasteiger partial charge in [0.2, 0.25) is 5.91 Å². The first-order chi connectivity index (χ1) is 11.7. The van der Waals surface area contributed by atoms with Crippen molar-refractivity contribution in [1.82, 2.24) is 20.2 Å². The molecule has 24 heavy (non-hydrogen) atoms. The summed E-state index contributed by atoms with van der Waals surface area (Å²) in [6, 6.07) is 2.03. The molecule has 7 nitrogen and oxygen atoms in total. The number of nitrogens with one attached hydrogen (secondary N) is 2. The summed E-state index contributed by atoms with van der Waals surface area (Å²) in [4.78, 5) is 24.0. The Morgan fingerprint density at radius 2 is 2.21 bits per heavy atom. The maximum Gasteiger partial charge on any atom is 0.229 e. The molecular formula is C17H22N6O. The van der Waals surface area contributed by atoms with Gasteiger partial charge in [-0.05, 0) is 26.2 Å². The highest BCUT2D eigenvalue weighted by molar-refractivity contribution is 5.93. The molecule has 1 saturated carbocycles. The zero-order chi connectivity index (χ0) is 16.5. The largest absolute Gasteiger partial charge is 0.356 e. The van der Waals surface area contributed by atoms with Crippen LogP contribution in [0.3, 0.4) is 0 Å². The molecule has 7 heteroatoms. The fraction of sp³-hybridized carbons (Fsp3) is 0.529. The van der Waals surface area contributed by atoms with Crippen LogP contribution in [0.1, 0.15) is 43.1 Å². The number of carbonyl (C=O) groups excluding carboxylic acids is 1.